The largest absolute Gasteiger partial charge is 0.306 e. The number of carbonyl (C=O) groups excluding carboxylic acids is 1. The number of pyridine rings is 1. The Morgan fingerprint density at radius 3 is 2.50 bits per heavy atom. The van der Waals surface area contributed by atoms with Gasteiger partial charge >= 0.3 is 0 Å². The van der Waals surface area contributed by atoms with Crippen LogP contribution in [0.15, 0.2) is 79.1 Å². The topological polar surface area (TPSA) is 60.7 Å². The lowest BCUT2D eigenvalue weighted by Crippen LogP contribution is -2.11. The number of aromatic nitrogens is 4. The second-order valence-electron chi connectivity index (χ2n) is 7.06. The van der Waals surface area contributed by atoms with Crippen LogP contribution in [0.5, 0.6) is 0 Å². The molecule has 0 fully saturated rings. The number of carbonyl (C=O) groups is 1. The first-order chi connectivity index (χ1) is 14.7. The number of ketones is 1. The maximum absolute atomic E-state index is 12.6. The van der Waals surface area contributed by atoms with Gasteiger partial charge in [0.25, 0.3) is 0 Å². The summed E-state index contributed by atoms with van der Waals surface area (Å²) < 4.78 is 2.06. The fraction of sp³-hybridized carbons (Fsp3) is 0.167. The summed E-state index contributed by atoms with van der Waals surface area (Å²) in [5.74, 6) is 1.66. The van der Waals surface area contributed by atoms with E-state index in [0.29, 0.717) is 30.8 Å². The lowest BCUT2D eigenvalue weighted by molar-refractivity contribution is -0.118. The third-order valence-corrected chi connectivity index (χ3v) is 5.27. The maximum atomic E-state index is 12.6. The standard InChI is InChI=1S/C24H21ClN4O/c25-22-11-5-4-9-19(22)15-21(30)12-13-23-27-28-24(20-10-6-14-26-16-20)29(23)17-18-7-2-1-3-8-18/h1-11,14,16H,12-13,15,17H2. The van der Waals surface area contributed by atoms with Crippen LogP contribution in [0.25, 0.3) is 11.4 Å². The van der Waals surface area contributed by atoms with Crippen molar-refractivity contribution in [2.24, 2.45) is 0 Å². The van der Waals surface area contributed by atoms with E-state index in [1.165, 1.54) is 0 Å². The quantitative estimate of drug-likeness (QED) is 0.414. The highest BCUT2D eigenvalue weighted by atomic mass is 35.5. The first-order valence-electron chi connectivity index (χ1n) is 9.82. The Morgan fingerprint density at radius 2 is 1.73 bits per heavy atom. The van der Waals surface area contributed by atoms with Crippen LogP contribution in [-0.4, -0.2) is 25.5 Å². The minimum Gasteiger partial charge on any atom is -0.306 e. The number of aryl methyl sites for hydroxylation is 1. The molecule has 0 unspecified atom stereocenters. The molecular formula is C24H21ClN4O. The van der Waals surface area contributed by atoms with Crippen LogP contribution >= 0.6 is 11.6 Å². The van der Waals surface area contributed by atoms with Crippen molar-refractivity contribution >= 4 is 17.4 Å². The summed E-state index contributed by atoms with van der Waals surface area (Å²) in [6.45, 7) is 0.631. The van der Waals surface area contributed by atoms with Gasteiger partial charge in [0.05, 0.1) is 6.54 Å². The molecule has 0 bridgehead atoms. The number of rotatable bonds is 8. The lowest BCUT2D eigenvalue weighted by atomic mass is 10.1. The number of Topliss-reactive ketones (excluding diaryl/α,β-unsaturated/α-hetero) is 1. The van der Waals surface area contributed by atoms with Gasteiger partial charge in [-0.1, -0.05) is 60.1 Å². The van der Waals surface area contributed by atoms with Gasteiger partial charge in [-0.2, -0.15) is 0 Å². The fourth-order valence-electron chi connectivity index (χ4n) is 3.35. The summed E-state index contributed by atoms with van der Waals surface area (Å²) in [6, 6.07) is 21.4. The van der Waals surface area contributed by atoms with E-state index in [9.17, 15) is 4.79 Å². The maximum Gasteiger partial charge on any atom is 0.165 e. The molecule has 5 nitrogen and oxygen atoms in total. The van der Waals surface area contributed by atoms with Crippen LogP contribution in [0.1, 0.15) is 23.4 Å². The van der Waals surface area contributed by atoms with Crippen LogP contribution in [0.4, 0.5) is 0 Å². The zero-order valence-electron chi connectivity index (χ0n) is 16.4. The molecule has 4 aromatic rings. The first-order valence-corrected chi connectivity index (χ1v) is 10.2. The average Bonchev–Trinajstić information content (AvgIpc) is 3.17. The fourth-order valence-corrected chi connectivity index (χ4v) is 3.56. The molecule has 0 saturated heterocycles. The van der Waals surface area contributed by atoms with E-state index >= 15 is 0 Å². The van der Waals surface area contributed by atoms with Crippen molar-refractivity contribution in [2.45, 2.75) is 25.8 Å². The molecule has 0 N–H and O–H groups in total. The molecule has 0 aliphatic heterocycles. The second-order valence-corrected chi connectivity index (χ2v) is 7.47. The summed E-state index contributed by atoms with van der Waals surface area (Å²) in [4.78, 5) is 16.8. The smallest absolute Gasteiger partial charge is 0.165 e. The molecule has 0 saturated carbocycles. The van der Waals surface area contributed by atoms with Crippen molar-refractivity contribution in [2.75, 3.05) is 0 Å². The number of nitrogens with zero attached hydrogens (tertiary/aromatic N) is 4. The summed E-state index contributed by atoms with van der Waals surface area (Å²) in [5, 5.41) is 9.41. The Labute approximate surface area is 180 Å². The molecule has 6 heteroatoms. The van der Waals surface area contributed by atoms with Crippen LogP contribution in [0.2, 0.25) is 5.02 Å². The van der Waals surface area contributed by atoms with Crippen LogP contribution in [0.3, 0.4) is 0 Å². The zero-order chi connectivity index (χ0) is 20.8. The van der Waals surface area contributed by atoms with Gasteiger partial charge in [0.15, 0.2) is 5.82 Å². The molecule has 0 aliphatic carbocycles. The highest BCUT2D eigenvalue weighted by Gasteiger charge is 2.16. The van der Waals surface area contributed by atoms with Gasteiger partial charge in [0, 0.05) is 42.2 Å². The van der Waals surface area contributed by atoms with Crippen LogP contribution in [-0.2, 0) is 24.2 Å². The van der Waals surface area contributed by atoms with Crippen molar-refractivity contribution in [3.05, 3.63) is 101 Å². The Kier molecular flexibility index (Phi) is 6.30. The predicted octanol–water partition coefficient (Wildman–Crippen LogP) is 4.79. The third kappa shape index (κ3) is 4.81. The highest BCUT2D eigenvalue weighted by Crippen LogP contribution is 2.21. The Morgan fingerprint density at radius 1 is 0.933 bits per heavy atom. The van der Waals surface area contributed by atoms with Crippen molar-refractivity contribution < 1.29 is 4.79 Å². The predicted molar refractivity (Wildman–Crippen MR) is 117 cm³/mol. The van der Waals surface area contributed by atoms with E-state index in [4.69, 9.17) is 11.6 Å². The number of benzene rings is 2. The van der Waals surface area contributed by atoms with Gasteiger partial charge in [-0.3, -0.25) is 9.78 Å². The summed E-state index contributed by atoms with van der Waals surface area (Å²) in [6.07, 6.45) is 4.73. The van der Waals surface area contributed by atoms with Gasteiger partial charge in [-0.25, -0.2) is 0 Å². The lowest BCUT2D eigenvalue weighted by Gasteiger charge is -2.11. The van der Waals surface area contributed by atoms with Gasteiger partial charge in [0.1, 0.15) is 11.6 Å². The van der Waals surface area contributed by atoms with Crippen molar-refractivity contribution in [3.63, 3.8) is 0 Å². The molecule has 2 heterocycles. The van der Waals surface area contributed by atoms with Gasteiger partial charge in [0.2, 0.25) is 0 Å². The van der Waals surface area contributed by atoms with Crippen LogP contribution in [0, 0.1) is 0 Å². The monoisotopic (exact) mass is 416 g/mol. The minimum absolute atomic E-state index is 0.125. The Balaban J connectivity index is 1.54. The zero-order valence-corrected chi connectivity index (χ0v) is 17.2. The van der Waals surface area contributed by atoms with Crippen molar-refractivity contribution in [1.29, 1.82) is 0 Å². The summed E-state index contributed by atoms with van der Waals surface area (Å²) in [7, 11) is 0. The van der Waals surface area contributed by atoms with E-state index < -0.39 is 0 Å². The molecule has 0 amide bonds. The highest BCUT2D eigenvalue weighted by molar-refractivity contribution is 6.31. The van der Waals surface area contributed by atoms with E-state index in [2.05, 4.69) is 31.9 Å². The average molecular weight is 417 g/mol. The molecule has 30 heavy (non-hydrogen) atoms. The molecule has 0 radical (unpaired) electrons. The normalized spacial score (nSPS) is 10.8. The van der Waals surface area contributed by atoms with Crippen molar-refractivity contribution in [1.82, 2.24) is 19.7 Å². The van der Waals surface area contributed by atoms with Crippen molar-refractivity contribution in [3.8, 4) is 11.4 Å². The SMILES string of the molecule is O=C(CCc1nnc(-c2cccnc2)n1Cc1ccccc1)Cc1ccccc1Cl. The molecule has 150 valence electrons. The summed E-state index contributed by atoms with van der Waals surface area (Å²) >= 11 is 6.19. The molecule has 4 rings (SSSR count). The minimum atomic E-state index is 0.125. The van der Waals surface area contributed by atoms with Gasteiger partial charge in [-0.05, 0) is 29.3 Å². The van der Waals surface area contributed by atoms with Gasteiger partial charge < -0.3 is 4.57 Å². The number of hydrogen-bond donors (Lipinski definition) is 0. The van der Waals surface area contributed by atoms with Crippen LogP contribution < -0.4 is 0 Å². The Hall–Kier alpha value is -3.31. The van der Waals surface area contributed by atoms with E-state index in [-0.39, 0.29) is 5.78 Å². The molecular weight excluding hydrogens is 396 g/mol. The van der Waals surface area contributed by atoms with E-state index in [1.807, 2.05) is 48.5 Å². The molecule has 0 spiro atoms. The first kappa shape index (κ1) is 20.0. The van der Waals surface area contributed by atoms with Gasteiger partial charge in [-0.15, -0.1) is 10.2 Å². The van der Waals surface area contributed by atoms with E-state index in [1.54, 1.807) is 18.5 Å². The molecule has 2 aromatic heterocycles. The Bertz CT molecular complexity index is 1130. The molecule has 2 aromatic carbocycles. The molecule has 0 atom stereocenters. The third-order valence-electron chi connectivity index (χ3n) is 4.90. The summed E-state index contributed by atoms with van der Waals surface area (Å²) in [5.41, 5.74) is 2.90. The number of halogens is 1. The molecule has 0 aliphatic rings. The number of hydrogen-bond acceptors (Lipinski definition) is 4. The second kappa shape index (κ2) is 9.46. The van der Waals surface area contributed by atoms with E-state index in [0.717, 1.165) is 28.3 Å².